The molecule has 0 amide bonds. The van der Waals surface area contributed by atoms with Crippen LogP contribution in [0.1, 0.15) is 43.1 Å². The van der Waals surface area contributed by atoms with Crippen molar-refractivity contribution < 1.29 is 9.84 Å². The molecule has 0 fully saturated rings. The maximum absolute atomic E-state index is 10.0. The predicted molar refractivity (Wildman–Crippen MR) is 60.2 cm³/mol. The number of aliphatic hydroxyl groups is 1. The maximum Gasteiger partial charge on any atom is 0.129 e. The molecule has 0 aliphatic carbocycles. The Bertz CT molecular complexity index is 394. The van der Waals surface area contributed by atoms with Crippen LogP contribution in [0.4, 0.5) is 0 Å². The second kappa shape index (κ2) is 3.24. The second-order valence-electron chi connectivity index (χ2n) is 5.01. The van der Waals surface area contributed by atoms with E-state index in [-0.39, 0.29) is 5.60 Å². The van der Waals surface area contributed by atoms with Gasteiger partial charge in [0.25, 0.3) is 0 Å². The fraction of sp³-hybridized carbons (Fsp3) is 0.538. The molecule has 2 heteroatoms. The van der Waals surface area contributed by atoms with E-state index in [4.69, 9.17) is 4.74 Å². The molecule has 82 valence electrons. The predicted octanol–water partition coefficient (Wildman–Crippen LogP) is 2.90. The molecular weight excluding hydrogens is 188 g/mol. The number of hydrogen-bond acceptors (Lipinski definition) is 2. The molecule has 1 aromatic rings. The van der Waals surface area contributed by atoms with Gasteiger partial charge in [-0.15, -0.1) is 0 Å². The number of rotatable bonds is 0. The van der Waals surface area contributed by atoms with Gasteiger partial charge >= 0.3 is 0 Å². The third-order valence-electron chi connectivity index (χ3n) is 3.13. The maximum atomic E-state index is 10.0. The van der Waals surface area contributed by atoms with Gasteiger partial charge in [-0.05, 0) is 38.8 Å². The first kappa shape index (κ1) is 10.5. The third-order valence-corrected chi connectivity index (χ3v) is 3.13. The number of ether oxygens (including phenoxy) is 1. The molecule has 1 N–H and O–H groups in total. The summed E-state index contributed by atoms with van der Waals surface area (Å²) in [5.41, 5.74) is 3.00. The van der Waals surface area contributed by atoms with Crippen molar-refractivity contribution in [3.63, 3.8) is 0 Å². The highest BCUT2D eigenvalue weighted by Crippen LogP contribution is 2.41. The SMILES string of the molecule is Cc1ccc2c(c1C)OC(C)(C)C[C@@H]2O. The normalized spacial score (nSPS) is 23.1. The Hall–Kier alpha value is -1.02. The number of benzene rings is 1. The molecule has 0 saturated heterocycles. The van der Waals surface area contributed by atoms with E-state index in [0.717, 1.165) is 16.9 Å². The van der Waals surface area contributed by atoms with Crippen molar-refractivity contribution in [2.75, 3.05) is 0 Å². The second-order valence-corrected chi connectivity index (χ2v) is 5.01. The summed E-state index contributed by atoms with van der Waals surface area (Å²) in [7, 11) is 0. The summed E-state index contributed by atoms with van der Waals surface area (Å²) in [6, 6.07) is 4.01. The Morgan fingerprint density at radius 3 is 2.67 bits per heavy atom. The van der Waals surface area contributed by atoms with Gasteiger partial charge in [0, 0.05) is 12.0 Å². The first-order chi connectivity index (χ1) is 6.91. The summed E-state index contributed by atoms with van der Waals surface area (Å²) in [6.07, 6.45) is 0.255. The zero-order valence-electron chi connectivity index (χ0n) is 9.79. The van der Waals surface area contributed by atoms with Crippen LogP contribution in [0.2, 0.25) is 0 Å². The number of aryl methyl sites for hydroxylation is 1. The van der Waals surface area contributed by atoms with Gasteiger partial charge in [0.1, 0.15) is 11.4 Å². The zero-order chi connectivity index (χ0) is 11.2. The molecule has 1 atom stereocenters. The van der Waals surface area contributed by atoms with E-state index < -0.39 is 6.10 Å². The van der Waals surface area contributed by atoms with Crippen LogP contribution in [0.5, 0.6) is 5.75 Å². The molecule has 0 radical (unpaired) electrons. The summed E-state index contributed by atoms with van der Waals surface area (Å²) < 4.78 is 5.94. The van der Waals surface area contributed by atoms with E-state index in [1.54, 1.807) is 0 Å². The summed E-state index contributed by atoms with van der Waals surface area (Å²) in [5, 5.41) is 10.0. The van der Waals surface area contributed by atoms with Gasteiger partial charge in [-0.1, -0.05) is 12.1 Å². The van der Waals surface area contributed by atoms with E-state index in [2.05, 4.69) is 6.92 Å². The molecule has 0 spiro atoms. The van der Waals surface area contributed by atoms with Crippen molar-refractivity contribution in [2.45, 2.75) is 45.8 Å². The monoisotopic (exact) mass is 206 g/mol. The van der Waals surface area contributed by atoms with Gasteiger partial charge in [0.05, 0.1) is 6.10 Å². The largest absolute Gasteiger partial charge is 0.487 e. The summed E-state index contributed by atoms with van der Waals surface area (Å²) in [5.74, 6) is 0.874. The smallest absolute Gasteiger partial charge is 0.129 e. The van der Waals surface area contributed by atoms with Crippen molar-refractivity contribution in [1.29, 1.82) is 0 Å². The topological polar surface area (TPSA) is 29.5 Å². The molecule has 15 heavy (non-hydrogen) atoms. The lowest BCUT2D eigenvalue weighted by Gasteiger charge is -2.36. The van der Waals surface area contributed by atoms with Gasteiger partial charge in [-0.25, -0.2) is 0 Å². The first-order valence-electron chi connectivity index (χ1n) is 5.38. The number of aliphatic hydroxyl groups excluding tert-OH is 1. The summed E-state index contributed by atoms with van der Waals surface area (Å²) >= 11 is 0. The Labute approximate surface area is 90.9 Å². The van der Waals surface area contributed by atoms with E-state index >= 15 is 0 Å². The van der Waals surface area contributed by atoms with Gasteiger partial charge in [-0.3, -0.25) is 0 Å². The number of fused-ring (bicyclic) bond motifs is 1. The van der Waals surface area contributed by atoms with Gasteiger partial charge < -0.3 is 9.84 Å². The van der Waals surface area contributed by atoms with E-state index in [9.17, 15) is 5.11 Å². The van der Waals surface area contributed by atoms with Gasteiger partial charge in [0.2, 0.25) is 0 Å². The quantitative estimate of drug-likeness (QED) is 0.707. The molecule has 0 bridgehead atoms. The van der Waals surface area contributed by atoms with Crippen molar-refractivity contribution in [3.8, 4) is 5.75 Å². The van der Waals surface area contributed by atoms with Crippen molar-refractivity contribution in [2.24, 2.45) is 0 Å². The Kier molecular flexibility index (Phi) is 2.27. The average molecular weight is 206 g/mol. The molecule has 0 aromatic heterocycles. The van der Waals surface area contributed by atoms with Crippen LogP contribution in [0.15, 0.2) is 12.1 Å². The molecule has 1 heterocycles. The fourth-order valence-corrected chi connectivity index (χ4v) is 2.10. The molecule has 2 rings (SSSR count). The Morgan fingerprint density at radius 1 is 1.33 bits per heavy atom. The van der Waals surface area contributed by atoms with Crippen molar-refractivity contribution in [1.82, 2.24) is 0 Å². The first-order valence-corrected chi connectivity index (χ1v) is 5.38. The van der Waals surface area contributed by atoms with E-state index in [1.807, 2.05) is 32.9 Å². The lowest BCUT2D eigenvalue weighted by atomic mass is 9.89. The highest BCUT2D eigenvalue weighted by atomic mass is 16.5. The van der Waals surface area contributed by atoms with Crippen LogP contribution in [-0.4, -0.2) is 10.7 Å². The summed E-state index contributed by atoms with van der Waals surface area (Å²) in [4.78, 5) is 0. The molecule has 2 nitrogen and oxygen atoms in total. The van der Waals surface area contributed by atoms with E-state index in [0.29, 0.717) is 6.42 Å². The van der Waals surface area contributed by atoms with E-state index in [1.165, 1.54) is 5.56 Å². The van der Waals surface area contributed by atoms with Crippen LogP contribution >= 0.6 is 0 Å². The standard InChI is InChI=1S/C13H18O2/c1-8-5-6-10-11(14)7-13(3,4)15-12(10)9(8)2/h5-6,11,14H,7H2,1-4H3/t11-/m0/s1. The molecular formula is C13H18O2. The third kappa shape index (κ3) is 1.74. The minimum Gasteiger partial charge on any atom is -0.487 e. The van der Waals surface area contributed by atoms with Crippen molar-refractivity contribution in [3.05, 3.63) is 28.8 Å². The van der Waals surface area contributed by atoms with Crippen LogP contribution in [0, 0.1) is 13.8 Å². The van der Waals surface area contributed by atoms with Crippen LogP contribution in [-0.2, 0) is 0 Å². The minimum absolute atomic E-state index is 0.273. The zero-order valence-corrected chi connectivity index (χ0v) is 9.79. The Balaban J connectivity index is 2.56. The molecule has 0 saturated carbocycles. The van der Waals surface area contributed by atoms with Gasteiger partial charge in [-0.2, -0.15) is 0 Å². The van der Waals surface area contributed by atoms with Crippen LogP contribution < -0.4 is 4.74 Å². The molecule has 1 aliphatic heterocycles. The van der Waals surface area contributed by atoms with Crippen LogP contribution in [0.3, 0.4) is 0 Å². The van der Waals surface area contributed by atoms with Crippen molar-refractivity contribution >= 4 is 0 Å². The summed E-state index contributed by atoms with van der Waals surface area (Å²) in [6.45, 7) is 8.14. The highest BCUT2D eigenvalue weighted by molar-refractivity contribution is 5.47. The van der Waals surface area contributed by atoms with Crippen LogP contribution in [0.25, 0.3) is 0 Å². The average Bonchev–Trinajstić information content (AvgIpc) is 2.10. The lowest BCUT2D eigenvalue weighted by molar-refractivity contribution is 0.0108. The molecule has 1 aromatic carbocycles. The molecule has 0 unspecified atom stereocenters. The fourth-order valence-electron chi connectivity index (χ4n) is 2.10. The highest BCUT2D eigenvalue weighted by Gasteiger charge is 2.33. The lowest BCUT2D eigenvalue weighted by Crippen LogP contribution is -2.35. The van der Waals surface area contributed by atoms with Gasteiger partial charge in [0.15, 0.2) is 0 Å². The number of hydrogen-bond donors (Lipinski definition) is 1. The Morgan fingerprint density at radius 2 is 2.00 bits per heavy atom. The minimum atomic E-state index is -0.400. The molecule has 1 aliphatic rings.